The van der Waals surface area contributed by atoms with Crippen molar-refractivity contribution in [3.8, 4) is 0 Å². The molecule has 2 aromatic rings. The minimum Gasteiger partial charge on any atom is -0.335 e. The Bertz CT molecular complexity index is 549. The van der Waals surface area contributed by atoms with Crippen LogP contribution in [0.4, 0.5) is 10.5 Å². The second-order valence-electron chi connectivity index (χ2n) is 5.06. The first-order chi connectivity index (χ1) is 9.63. The van der Waals surface area contributed by atoms with Crippen molar-refractivity contribution in [1.29, 1.82) is 0 Å². The third kappa shape index (κ3) is 4.43. The highest BCUT2D eigenvalue weighted by atomic mass is 16.2. The van der Waals surface area contributed by atoms with Gasteiger partial charge in [0, 0.05) is 11.7 Å². The highest BCUT2D eigenvalue weighted by Crippen LogP contribution is 2.08. The fourth-order valence-electron chi connectivity index (χ4n) is 2.05. The van der Waals surface area contributed by atoms with Crippen molar-refractivity contribution in [1.82, 2.24) is 5.32 Å². The molecule has 3 heteroatoms. The Morgan fingerprint density at radius 2 is 1.70 bits per heavy atom. The lowest BCUT2D eigenvalue weighted by Gasteiger charge is -2.14. The Labute approximate surface area is 120 Å². The smallest absolute Gasteiger partial charge is 0.319 e. The van der Waals surface area contributed by atoms with Crippen LogP contribution in [0.25, 0.3) is 0 Å². The maximum Gasteiger partial charge on any atom is 0.319 e. The minimum atomic E-state index is -0.169. The summed E-state index contributed by atoms with van der Waals surface area (Å²) in [7, 11) is 0. The molecular weight excluding hydrogens is 248 g/mol. The number of aryl methyl sites for hydroxylation is 1. The molecule has 0 aromatic heterocycles. The second-order valence-corrected chi connectivity index (χ2v) is 5.06. The number of carbonyl (C=O) groups excluding carboxylic acids is 1. The summed E-state index contributed by atoms with van der Waals surface area (Å²) in [4.78, 5) is 11.9. The Kier molecular flexibility index (Phi) is 4.77. The van der Waals surface area contributed by atoms with Crippen LogP contribution in [0.5, 0.6) is 0 Å². The number of urea groups is 1. The standard InChI is InChI=1S/C17H20N2O/c1-13-8-10-16(11-9-13)19-17(20)18-14(2)12-15-6-4-3-5-7-15/h3-11,14H,12H2,1-2H3,(H2,18,19,20). The minimum absolute atomic E-state index is 0.0860. The van der Waals surface area contributed by atoms with E-state index in [1.807, 2.05) is 56.3 Å². The Hall–Kier alpha value is -2.29. The van der Waals surface area contributed by atoms with Crippen LogP contribution in [0.1, 0.15) is 18.1 Å². The highest BCUT2D eigenvalue weighted by molar-refractivity contribution is 5.89. The lowest BCUT2D eigenvalue weighted by molar-refractivity contribution is 0.249. The summed E-state index contributed by atoms with van der Waals surface area (Å²) >= 11 is 0. The topological polar surface area (TPSA) is 41.1 Å². The molecule has 0 heterocycles. The van der Waals surface area contributed by atoms with E-state index in [0.717, 1.165) is 12.1 Å². The van der Waals surface area contributed by atoms with Crippen LogP contribution in [0.2, 0.25) is 0 Å². The van der Waals surface area contributed by atoms with E-state index < -0.39 is 0 Å². The van der Waals surface area contributed by atoms with Crippen LogP contribution in [0.3, 0.4) is 0 Å². The van der Waals surface area contributed by atoms with E-state index in [1.54, 1.807) is 0 Å². The number of amides is 2. The van der Waals surface area contributed by atoms with Gasteiger partial charge in [0.1, 0.15) is 0 Å². The first kappa shape index (κ1) is 14.1. The van der Waals surface area contributed by atoms with E-state index in [0.29, 0.717) is 0 Å². The molecule has 2 N–H and O–H groups in total. The number of carbonyl (C=O) groups is 1. The van der Waals surface area contributed by atoms with Crippen molar-refractivity contribution in [2.24, 2.45) is 0 Å². The molecule has 2 rings (SSSR count). The van der Waals surface area contributed by atoms with Gasteiger partial charge in [-0.15, -0.1) is 0 Å². The lowest BCUT2D eigenvalue weighted by atomic mass is 10.1. The predicted molar refractivity (Wildman–Crippen MR) is 82.9 cm³/mol. The fraction of sp³-hybridized carbons (Fsp3) is 0.235. The summed E-state index contributed by atoms with van der Waals surface area (Å²) in [5, 5.41) is 5.78. The summed E-state index contributed by atoms with van der Waals surface area (Å²) in [5.41, 5.74) is 3.20. The van der Waals surface area contributed by atoms with Crippen LogP contribution in [-0.4, -0.2) is 12.1 Å². The molecule has 0 saturated carbocycles. The Morgan fingerprint density at radius 1 is 1.05 bits per heavy atom. The molecule has 0 fully saturated rings. The van der Waals surface area contributed by atoms with Crippen molar-refractivity contribution < 1.29 is 4.79 Å². The monoisotopic (exact) mass is 268 g/mol. The zero-order valence-electron chi connectivity index (χ0n) is 11.9. The van der Waals surface area contributed by atoms with Crippen molar-refractivity contribution in [2.75, 3.05) is 5.32 Å². The number of rotatable bonds is 4. The van der Waals surface area contributed by atoms with Crippen LogP contribution in [-0.2, 0) is 6.42 Å². The molecular formula is C17H20N2O. The maximum atomic E-state index is 11.9. The van der Waals surface area contributed by atoms with Gasteiger partial charge in [-0.05, 0) is 38.0 Å². The largest absolute Gasteiger partial charge is 0.335 e. The number of anilines is 1. The number of hydrogen-bond acceptors (Lipinski definition) is 1. The van der Waals surface area contributed by atoms with Gasteiger partial charge in [-0.25, -0.2) is 4.79 Å². The van der Waals surface area contributed by atoms with E-state index >= 15 is 0 Å². The summed E-state index contributed by atoms with van der Waals surface area (Å²) in [6.45, 7) is 4.02. The SMILES string of the molecule is Cc1ccc(NC(=O)NC(C)Cc2ccccc2)cc1. The zero-order valence-corrected chi connectivity index (χ0v) is 11.9. The molecule has 0 bridgehead atoms. The molecule has 104 valence electrons. The Balaban J connectivity index is 1.83. The normalized spacial score (nSPS) is 11.7. The van der Waals surface area contributed by atoms with E-state index in [4.69, 9.17) is 0 Å². The highest BCUT2D eigenvalue weighted by Gasteiger charge is 2.07. The van der Waals surface area contributed by atoms with Gasteiger partial charge in [0.25, 0.3) is 0 Å². The molecule has 0 aliphatic heterocycles. The van der Waals surface area contributed by atoms with E-state index in [-0.39, 0.29) is 12.1 Å². The number of benzene rings is 2. The van der Waals surface area contributed by atoms with Crippen LogP contribution in [0, 0.1) is 6.92 Å². The number of nitrogens with one attached hydrogen (secondary N) is 2. The van der Waals surface area contributed by atoms with E-state index in [2.05, 4.69) is 22.8 Å². The van der Waals surface area contributed by atoms with Gasteiger partial charge in [-0.2, -0.15) is 0 Å². The molecule has 20 heavy (non-hydrogen) atoms. The first-order valence-electron chi connectivity index (χ1n) is 6.81. The Morgan fingerprint density at radius 3 is 2.35 bits per heavy atom. The average Bonchev–Trinajstić information content (AvgIpc) is 2.42. The summed E-state index contributed by atoms with van der Waals surface area (Å²) in [6.07, 6.45) is 0.822. The van der Waals surface area contributed by atoms with E-state index in [1.165, 1.54) is 11.1 Å². The molecule has 1 atom stereocenters. The summed E-state index contributed by atoms with van der Waals surface area (Å²) in [5.74, 6) is 0. The van der Waals surface area contributed by atoms with Crippen molar-refractivity contribution in [3.63, 3.8) is 0 Å². The zero-order chi connectivity index (χ0) is 14.4. The van der Waals surface area contributed by atoms with Gasteiger partial charge < -0.3 is 10.6 Å². The van der Waals surface area contributed by atoms with Gasteiger partial charge in [-0.1, -0.05) is 48.0 Å². The van der Waals surface area contributed by atoms with Crippen molar-refractivity contribution in [3.05, 3.63) is 65.7 Å². The predicted octanol–water partition coefficient (Wildman–Crippen LogP) is 3.75. The van der Waals surface area contributed by atoms with Crippen molar-refractivity contribution >= 4 is 11.7 Å². The molecule has 0 aliphatic carbocycles. The molecule has 2 aromatic carbocycles. The van der Waals surface area contributed by atoms with Gasteiger partial charge in [0.2, 0.25) is 0 Å². The molecule has 0 aliphatic rings. The molecule has 3 nitrogen and oxygen atoms in total. The fourth-order valence-corrected chi connectivity index (χ4v) is 2.05. The quantitative estimate of drug-likeness (QED) is 0.871. The maximum absolute atomic E-state index is 11.9. The van der Waals surface area contributed by atoms with Gasteiger partial charge in [0.05, 0.1) is 0 Å². The van der Waals surface area contributed by atoms with Gasteiger partial charge >= 0.3 is 6.03 Å². The van der Waals surface area contributed by atoms with Crippen LogP contribution >= 0.6 is 0 Å². The number of hydrogen-bond donors (Lipinski definition) is 2. The molecule has 1 unspecified atom stereocenters. The molecule has 2 amide bonds. The van der Waals surface area contributed by atoms with Gasteiger partial charge in [-0.3, -0.25) is 0 Å². The molecule has 0 radical (unpaired) electrons. The third-order valence-electron chi connectivity index (χ3n) is 3.07. The second kappa shape index (κ2) is 6.75. The molecule has 0 spiro atoms. The molecule has 0 saturated heterocycles. The lowest BCUT2D eigenvalue weighted by Crippen LogP contribution is -2.37. The van der Waals surface area contributed by atoms with Crippen LogP contribution in [0.15, 0.2) is 54.6 Å². The van der Waals surface area contributed by atoms with Crippen molar-refractivity contribution in [2.45, 2.75) is 26.3 Å². The van der Waals surface area contributed by atoms with E-state index in [9.17, 15) is 4.79 Å². The van der Waals surface area contributed by atoms with Crippen LogP contribution < -0.4 is 10.6 Å². The first-order valence-corrected chi connectivity index (χ1v) is 6.81. The third-order valence-corrected chi connectivity index (χ3v) is 3.07. The van der Waals surface area contributed by atoms with Gasteiger partial charge in [0.15, 0.2) is 0 Å². The average molecular weight is 268 g/mol. The summed E-state index contributed by atoms with van der Waals surface area (Å²) < 4.78 is 0. The summed E-state index contributed by atoms with van der Waals surface area (Å²) in [6, 6.07) is 17.8.